The predicted octanol–water partition coefficient (Wildman–Crippen LogP) is 3.50. The lowest BCUT2D eigenvalue weighted by molar-refractivity contribution is -0.135. The lowest BCUT2D eigenvalue weighted by atomic mass is 10.1. The zero-order chi connectivity index (χ0) is 13.8. The molecular weight excluding hydrogens is 245 g/mol. The molecule has 0 radical (unpaired) electrons. The fraction of sp³-hybridized carbons (Fsp3) is 0.750. The van der Waals surface area contributed by atoms with Crippen molar-refractivity contribution in [1.82, 2.24) is 10.5 Å². The van der Waals surface area contributed by atoms with Crippen LogP contribution < -0.4 is 5.32 Å². The molecule has 0 aliphatic heterocycles. The van der Waals surface area contributed by atoms with Gasteiger partial charge in [0.25, 0.3) is 0 Å². The van der Waals surface area contributed by atoms with Gasteiger partial charge in [0.15, 0.2) is 0 Å². The fourth-order valence-electron chi connectivity index (χ4n) is 1.74. The summed E-state index contributed by atoms with van der Waals surface area (Å²) in [5, 5.41) is 7.01. The van der Waals surface area contributed by atoms with E-state index in [1.54, 1.807) is 0 Å². The molecule has 6 heteroatoms. The average Bonchev–Trinajstić information content (AvgIpc) is 2.54. The molecule has 0 bridgehead atoms. The second kappa shape index (κ2) is 6.22. The van der Waals surface area contributed by atoms with Crippen molar-refractivity contribution < 1.29 is 17.7 Å². The van der Waals surface area contributed by atoms with Gasteiger partial charge in [0.05, 0.1) is 5.69 Å². The normalized spacial score (nSPS) is 13.9. The van der Waals surface area contributed by atoms with Crippen molar-refractivity contribution in [3.05, 3.63) is 17.0 Å². The fourth-order valence-corrected chi connectivity index (χ4v) is 1.74. The highest BCUT2D eigenvalue weighted by atomic mass is 19.4. The van der Waals surface area contributed by atoms with Crippen molar-refractivity contribution >= 4 is 0 Å². The molecule has 0 fully saturated rings. The first-order chi connectivity index (χ1) is 8.29. The van der Waals surface area contributed by atoms with Crippen molar-refractivity contribution in [1.29, 1.82) is 0 Å². The van der Waals surface area contributed by atoms with Crippen LogP contribution in [0, 0.1) is 13.8 Å². The summed E-state index contributed by atoms with van der Waals surface area (Å²) in [6.45, 7) is 6.13. The highest BCUT2D eigenvalue weighted by molar-refractivity contribution is 5.20. The molecule has 1 N–H and O–H groups in total. The van der Waals surface area contributed by atoms with Crippen molar-refractivity contribution in [3.63, 3.8) is 0 Å². The maximum Gasteiger partial charge on any atom is 0.389 e. The quantitative estimate of drug-likeness (QED) is 0.854. The minimum Gasteiger partial charge on any atom is -0.361 e. The number of nitrogens with one attached hydrogen (secondary N) is 1. The molecule has 0 saturated heterocycles. The van der Waals surface area contributed by atoms with Gasteiger partial charge in [-0.2, -0.15) is 13.2 Å². The third kappa shape index (κ3) is 5.08. The van der Waals surface area contributed by atoms with E-state index in [1.165, 1.54) is 0 Å². The van der Waals surface area contributed by atoms with Crippen LogP contribution in [0.3, 0.4) is 0 Å². The van der Waals surface area contributed by atoms with Crippen LogP contribution in [0.1, 0.15) is 43.2 Å². The van der Waals surface area contributed by atoms with Crippen molar-refractivity contribution in [2.24, 2.45) is 0 Å². The third-order valence-corrected chi connectivity index (χ3v) is 2.91. The van der Waals surface area contributed by atoms with E-state index in [-0.39, 0.29) is 12.5 Å². The number of aryl methyl sites for hydroxylation is 2. The van der Waals surface area contributed by atoms with E-state index in [0.717, 1.165) is 17.0 Å². The molecule has 0 aromatic carbocycles. The van der Waals surface area contributed by atoms with Gasteiger partial charge in [0.1, 0.15) is 5.76 Å². The molecule has 1 heterocycles. The number of rotatable bonds is 6. The number of nitrogens with zero attached hydrogens (tertiary/aromatic N) is 1. The van der Waals surface area contributed by atoms with E-state index in [9.17, 15) is 13.2 Å². The van der Waals surface area contributed by atoms with Gasteiger partial charge in [0, 0.05) is 24.6 Å². The monoisotopic (exact) mass is 264 g/mol. The number of alkyl halides is 3. The van der Waals surface area contributed by atoms with Gasteiger partial charge in [-0.05, 0) is 33.6 Å². The van der Waals surface area contributed by atoms with E-state index in [4.69, 9.17) is 4.52 Å². The Hall–Kier alpha value is -1.04. The second-order valence-electron chi connectivity index (χ2n) is 4.59. The Kier molecular flexibility index (Phi) is 5.19. The van der Waals surface area contributed by atoms with E-state index in [2.05, 4.69) is 10.5 Å². The number of hydrogen-bond acceptors (Lipinski definition) is 3. The number of hydrogen-bond donors (Lipinski definition) is 1. The Morgan fingerprint density at radius 1 is 1.33 bits per heavy atom. The minimum absolute atomic E-state index is 0.0426. The molecule has 0 amide bonds. The number of halogens is 3. The molecule has 104 valence electrons. The summed E-state index contributed by atoms with van der Waals surface area (Å²) in [4.78, 5) is 0. The molecule has 0 saturated carbocycles. The van der Waals surface area contributed by atoms with Gasteiger partial charge in [-0.15, -0.1) is 0 Å². The molecule has 0 aliphatic rings. The Bertz CT molecular complexity index is 354. The zero-order valence-corrected chi connectivity index (χ0v) is 10.9. The maximum absolute atomic E-state index is 12.0. The molecular formula is C12H19F3N2O. The third-order valence-electron chi connectivity index (χ3n) is 2.91. The first kappa shape index (κ1) is 15.0. The van der Waals surface area contributed by atoms with Gasteiger partial charge >= 0.3 is 6.18 Å². The maximum atomic E-state index is 12.0. The van der Waals surface area contributed by atoms with Crippen molar-refractivity contribution in [2.75, 3.05) is 0 Å². The van der Waals surface area contributed by atoms with Crippen LogP contribution in [0.25, 0.3) is 0 Å². The first-order valence-corrected chi connectivity index (χ1v) is 6.01. The summed E-state index contributed by atoms with van der Waals surface area (Å²) in [5.41, 5.74) is 1.81. The molecule has 1 aromatic heterocycles. The van der Waals surface area contributed by atoms with Gasteiger partial charge in [-0.1, -0.05) is 5.16 Å². The highest BCUT2D eigenvalue weighted by Crippen LogP contribution is 2.22. The molecule has 0 aliphatic carbocycles. The van der Waals surface area contributed by atoms with Crippen LogP contribution in [0.4, 0.5) is 13.2 Å². The summed E-state index contributed by atoms with van der Waals surface area (Å²) in [6.07, 6.45) is -4.12. The first-order valence-electron chi connectivity index (χ1n) is 6.01. The van der Waals surface area contributed by atoms with Gasteiger partial charge < -0.3 is 9.84 Å². The van der Waals surface area contributed by atoms with E-state index >= 15 is 0 Å². The molecule has 0 spiro atoms. The van der Waals surface area contributed by atoms with Crippen LogP contribution >= 0.6 is 0 Å². The zero-order valence-electron chi connectivity index (χ0n) is 10.9. The molecule has 1 rings (SSSR count). The summed E-state index contributed by atoms with van der Waals surface area (Å²) in [6, 6.07) is 0.0426. The summed E-state index contributed by atoms with van der Waals surface area (Å²) in [7, 11) is 0. The molecule has 1 atom stereocenters. The van der Waals surface area contributed by atoms with Gasteiger partial charge in [-0.25, -0.2) is 0 Å². The lowest BCUT2D eigenvalue weighted by Gasteiger charge is -2.14. The second-order valence-corrected chi connectivity index (χ2v) is 4.59. The lowest BCUT2D eigenvalue weighted by Crippen LogP contribution is -2.26. The molecule has 1 aromatic rings. The summed E-state index contributed by atoms with van der Waals surface area (Å²) in [5.74, 6) is 0.752. The average molecular weight is 264 g/mol. The summed E-state index contributed by atoms with van der Waals surface area (Å²) < 4.78 is 41.0. The van der Waals surface area contributed by atoms with Crippen LogP contribution in [-0.4, -0.2) is 17.4 Å². The van der Waals surface area contributed by atoms with E-state index in [0.29, 0.717) is 13.0 Å². The van der Waals surface area contributed by atoms with Crippen LogP contribution in [0.15, 0.2) is 4.52 Å². The van der Waals surface area contributed by atoms with Crippen molar-refractivity contribution in [3.8, 4) is 0 Å². The van der Waals surface area contributed by atoms with Gasteiger partial charge in [-0.3, -0.25) is 0 Å². The van der Waals surface area contributed by atoms with E-state index < -0.39 is 12.6 Å². The van der Waals surface area contributed by atoms with E-state index in [1.807, 2.05) is 20.8 Å². The predicted molar refractivity (Wildman–Crippen MR) is 62.2 cm³/mol. The standard InChI is InChI=1S/C12H19F3N2O/c1-8(5-4-6-12(13,14)15)16-7-11-9(2)17-18-10(11)3/h8,16H,4-7H2,1-3H3. The molecule has 18 heavy (non-hydrogen) atoms. The molecule has 1 unspecified atom stereocenters. The Morgan fingerprint density at radius 3 is 2.50 bits per heavy atom. The summed E-state index contributed by atoms with van der Waals surface area (Å²) >= 11 is 0. The molecule has 3 nitrogen and oxygen atoms in total. The number of aromatic nitrogens is 1. The van der Waals surface area contributed by atoms with Crippen LogP contribution in [-0.2, 0) is 6.54 Å². The van der Waals surface area contributed by atoms with Crippen LogP contribution in [0.5, 0.6) is 0 Å². The van der Waals surface area contributed by atoms with Crippen molar-refractivity contribution in [2.45, 2.75) is 58.8 Å². The Morgan fingerprint density at radius 2 is 2.00 bits per heavy atom. The minimum atomic E-state index is -4.05. The van der Waals surface area contributed by atoms with Gasteiger partial charge in [0.2, 0.25) is 0 Å². The highest BCUT2D eigenvalue weighted by Gasteiger charge is 2.26. The van der Waals surface area contributed by atoms with Crippen LogP contribution in [0.2, 0.25) is 0 Å². The Balaban J connectivity index is 2.27. The Labute approximate surface area is 105 Å². The topological polar surface area (TPSA) is 38.1 Å². The SMILES string of the molecule is Cc1noc(C)c1CNC(C)CCCC(F)(F)F. The smallest absolute Gasteiger partial charge is 0.361 e. The largest absolute Gasteiger partial charge is 0.389 e.